The Morgan fingerprint density at radius 1 is 1.06 bits per heavy atom. The van der Waals surface area contributed by atoms with Crippen LogP contribution in [0, 0.1) is 18.5 Å². The lowest BCUT2D eigenvalue weighted by Crippen LogP contribution is -2.13. The molecule has 3 aromatic rings. The van der Waals surface area contributed by atoms with Crippen molar-refractivity contribution in [2.75, 3.05) is 11.9 Å². The molecule has 0 aliphatic heterocycles. The molecule has 3 rings (SSSR count). The Bertz CT molecular complexity index is 1170. The number of nitriles is 1. The second-order valence-electron chi connectivity index (χ2n) is 6.67. The fourth-order valence-corrected chi connectivity index (χ4v) is 4.21. The minimum Gasteiger partial charge on any atom is -0.490 e. The number of amides is 1. The summed E-state index contributed by atoms with van der Waals surface area (Å²) in [6.07, 6.45) is 1.55. The third kappa shape index (κ3) is 6.71. The summed E-state index contributed by atoms with van der Waals surface area (Å²) in [4.78, 5) is 12.6. The normalized spacial score (nSPS) is 10.9. The van der Waals surface area contributed by atoms with Crippen LogP contribution < -0.4 is 14.8 Å². The number of hydrogen-bond donors (Lipinski definition) is 1. The van der Waals surface area contributed by atoms with E-state index in [4.69, 9.17) is 9.47 Å². The van der Waals surface area contributed by atoms with Crippen LogP contribution in [0.2, 0.25) is 0 Å². The SMILES string of the molecule is CCOc1cc(/C=C(\C#N)C(=O)Nc2cccc(I)c2)cc(I)c1OCc1ccccc1. The Morgan fingerprint density at radius 3 is 2.53 bits per heavy atom. The highest BCUT2D eigenvalue weighted by atomic mass is 127. The highest BCUT2D eigenvalue weighted by molar-refractivity contribution is 14.1. The van der Waals surface area contributed by atoms with Crippen LogP contribution in [0.25, 0.3) is 6.08 Å². The number of benzene rings is 3. The fraction of sp³-hybridized carbons (Fsp3) is 0.120. The summed E-state index contributed by atoms with van der Waals surface area (Å²) in [6, 6.07) is 22.9. The largest absolute Gasteiger partial charge is 0.490 e. The van der Waals surface area contributed by atoms with E-state index in [2.05, 4.69) is 50.5 Å². The predicted octanol–water partition coefficient (Wildman–Crippen LogP) is 6.42. The second-order valence-corrected chi connectivity index (χ2v) is 9.08. The Morgan fingerprint density at radius 2 is 1.84 bits per heavy atom. The quantitative estimate of drug-likeness (QED) is 0.174. The molecule has 0 atom stereocenters. The lowest BCUT2D eigenvalue weighted by atomic mass is 10.1. The van der Waals surface area contributed by atoms with E-state index in [1.165, 1.54) is 0 Å². The van der Waals surface area contributed by atoms with Gasteiger partial charge in [0.25, 0.3) is 5.91 Å². The first-order valence-electron chi connectivity index (χ1n) is 9.82. The van der Waals surface area contributed by atoms with Gasteiger partial charge in [0.15, 0.2) is 11.5 Å². The van der Waals surface area contributed by atoms with Gasteiger partial charge in [-0.05, 0) is 99.6 Å². The van der Waals surface area contributed by atoms with Crippen LogP contribution in [0.15, 0.2) is 72.3 Å². The molecule has 0 unspecified atom stereocenters. The van der Waals surface area contributed by atoms with E-state index in [-0.39, 0.29) is 5.57 Å². The molecule has 162 valence electrons. The van der Waals surface area contributed by atoms with Gasteiger partial charge in [-0.1, -0.05) is 36.4 Å². The summed E-state index contributed by atoms with van der Waals surface area (Å²) in [5.74, 6) is 0.735. The Labute approximate surface area is 214 Å². The Kier molecular flexibility index (Phi) is 8.93. The molecule has 0 heterocycles. The standard InChI is InChI=1S/C25H20I2N2O3/c1-2-31-23-13-18(12-22(27)24(23)32-16-17-7-4-3-5-8-17)11-19(15-28)25(30)29-21-10-6-9-20(26)14-21/h3-14H,2,16H2,1H3,(H,29,30)/b19-11+. The van der Waals surface area contributed by atoms with Crippen LogP contribution in [0.4, 0.5) is 5.69 Å². The minimum atomic E-state index is -0.466. The van der Waals surface area contributed by atoms with Gasteiger partial charge in [0.2, 0.25) is 0 Å². The summed E-state index contributed by atoms with van der Waals surface area (Å²) in [5, 5.41) is 12.3. The summed E-state index contributed by atoms with van der Waals surface area (Å²) >= 11 is 4.34. The van der Waals surface area contributed by atoms with E-state index in [1.54, 1.807) is 18.2 Å². The molecule has 0 bridgehead atoms. The van der Waals surface area contributed by atoms with Crippen molar-refractivity contribution in [3.63, 3.8) is 0 Å². The van der Waals surface area contributed by atoms with E-state index in [0.717, 1.165) is 12.7 Å². The van der Waals surface area contributed by atoms with E-state index in [9.17, 15) is 10.1 Å². The smallest absolute Gasteiger partial charge is 0.266 e. The maximum atomic E-state index is 12.6. The second kappa shape index (κ2) is 11.9. The first-order chi connectivity index (χ1) is 15.5. The monoisotopic (exact) mass is 650 g/mol. The molecule has 0 saturated carbocycles. The maximum absolute atomic E-state index is 12.6. The summed E-state index contributed by atoms with van der Waals surface area (Å²) < 4.78 is 13.6. The molecule has 3 aromatic carbocycles. The molecule has 0 aliphatic rings. The lowest BCUT2D eigenvalue weighted by Gasteiger charge is -2.15. The highest BCUT2D eigenvalue weighted by Gasteiger charge is 2.15. The van der Waals surface area contributed by atoms with Gasteiger partial charge < -0.3 is 14.8 Å². The van der Waals surface area contributed by atoms with E-state index in [0.29, 0.717) is 36.0 Å². The highest BCUT2D eigenvalue weighted by Crippen LogP contribution is 2.35. The molecule has 32 heavy (non-hydrogen) atoms. The van der Waals surface area contributed by atoms with Crippen LogP contribution >= 0.6 is 45.2 Å². The number of rotatable bonds is 8. The van der Waals surface area contributed by atoms with Crippen molar-refractivity contribution in [3.05, 3.63) is 90.6 Å². The number of carbonyl (C=O) groups excluding carboxylic acids is 1. The van der Waals surface area contributed by atoms with Gasteiger partial charge in [-0.2, -0.15) is 5.26 Å². The van der Waals surface area contributed by atoms with Gasteiger partial charge >= 0.3 is 0 Å². The van der Waals surface area contributed by atoms with Gasteiger partial charge in [-0.3, -0.25) is 4.79 Å². The van der Waals surface area contributed by atoms with E-state index >= 15 is 0 Å². The molecule has 0 saturated heterocycles. The van der Waals surface area contributed by atoms with Crippen molar-refractivity contribution in [2.24, 2.45) is 0 Å². The number of halogens is 2. The van der Waals surface area contributed by atoms with Gasteiger partial charge in [-0.15, -0.1) is 0 Å². The van der Waals surface area contributed by atoms with Gasteiger partial charge in [0, 0.05) is 9.26 Å². The third-order valence-electron chi connectivity index (χ3n) is 4.32. The third-order valence-corrected chi connectivity index (χ3v) is 5.79. The van der Waals surface area contributed by atoms with E-state index in [1.807, 2.05) is 67.6 Å². The number of anilines is 1. The molecule has 7 heteroatoms. The molecule has 1 N–H and O–H groups in total. The number of ether oxygens (including phenoxy) is 2. The fourth-order valence-electron chi connectivity index (χ4n) is 2.88. The van der Waals surface area contributed by atoms with Crippen molar-refractivity contribution in [3.8, 4) is 17.6 Å². The minimum absolute atomic E-state index is 0.0000589. The van der Waals surface area contributed by atoms with Gasteiger partial charge in [-0.25, -0.2) is 0 Å². The average molecular weight is 650 g/mol. The first kappa shape index (κ1) is 24.1. The van der Waals surface area contributed by atoms with Gasteiger partial charge in [0.05, 0.1) is 10.2 Å². The topological polar surface area (TPSA) is 71.3 Å². The van der Waals surface area contributed by atoms with Crippen molar-refractivity contribution >= 4 is 62.9 Å². The summed E-state index contributed by atoms with van der Waals surface area (Å²) in [7, 11) is 0. The van der Waals surface area contributed by atoms with Crippen molar-refractivity contribution < 1.29 is 14.3 Å². The van der Waals surface area contributed by atoms with Crippen LogP contribution in [-0.4, -0.2) is 12.5 Å². The molecular formula is C25H20I2N2O3. The van der Waals surface area contributed by atoms with Crippen LogP contribution in [0.3, 0.4) is 0 Å². The molecule has 5 nitrogen and oxygen atoms in total. The van der Waals surface area contributed by atoms with Crippen LogP contribution in [-0.2, 0) is 11.4 Å². The molecular weight excluding hydrogens is 630 g/mol. The zero-order valence-electron chi connectivity index (χ0n) is 17.3. The van der Waals surface area contributed by atoms with E-state index < -0.39 is 5.91 Å². The maximum Gasteiger partial charge on any atom is 0.266 e. The Hall–Kier alpha value is -2.58. The predicted molar refractivity (Wildman–Crippen MR) is 142 cm³/mol. The zero-order chi connectivity index (χ0) is 22.9. The first-order valence-corrected chi connectivity index (χ1v) is 12.0. The number of nitrogens with zero attached hydrogens (tertiary/aromatic N) is 1. The number of nitrogens with one attached hydrogen (secondary N) is 1. The summed E-state index contributed by atoms with van der Waals surface area (Å²) in [6.45, 7) is 2.77. The van der Waals surface area contributed by atoms with Crippen LogP contribution in [0.1, 0.15) is 18.1 Å². The molecule has 0 aromatic heterocycles. The van der Waals surface area contributed by atoms with Gasteiger partial charge in [0.1, 0.15) is 18.2 Å². The van der Waals surface area contributed by atoms with Crippen molar-refractivity contribution in [2.45, 2.75) is 13.5 Å². The molecule has 0 spiro atoms. The molecule has 1 amide bonds. The molecule has 0 radical (unpaired) electrons. The molecule has 0 aliphatic carbocycles. The number of carbonyl (C=O) groups is 1. The van der Waals surface area contributed by atoms with Crippen LogP contribution in [0.5, 0.6) is 11.5 Å². The molecule has 0 fully saturated rings. The lowest BCUT2D eigenvalue weighted by molar-refractivity contribution is -0.112. The zero-order valence-corrected chi connectivity index (χ0v) is 21.6. The van der Waals surface area contributed by atoms with Crippen molar-refractivity contribution in [1.82, 2.24) is 0 Å². The average Bonchev–Trinajstić information content (AvgIpc) is 2.77. The van der Waals surface area contributed by atoms with Crippen molar-refractivity contribution in [1.29, 1.82) is 5.26 Å². The summed E-state index contributed by atoms with van der Waals surface area (Å²) in [5.41, 5.74) is 2.37. The number of hydrogen-bond acceptors (Lipinski definition) is 4. The Balaban J connectivity index is 1.84.